The number of hydrogen-bond donors (Lipinski definition) is 0. The maximum absolute atomic E-state index is 2.53. The molecule has 2 nitrogen and oxygen atoms in total. The lowest BCUT2D eigenvalue weighted by molar-refractivity contribution is 0.327. The minimum absolute atomic E-state index is 0.126. The highest BCUT2D eigenvalue weighted by Crippen LogP contribution is 2.67. The zero-order valence-corrected chi connectivity index (χ0v) is 28.5. The fraction of sp³-hybridized carbons (Fsp3) is 0.143. The number of rotatable bonds is 5. The second-order valence-electron chi connectivity index (χ2n) is 14.9. The standard InChI is InChI=1S/C49H38N2/c1-3-12-34(13-4-1)35-23-26-38(27-24-35)50(39-28-29-46-42(31-39)40-16-8-10-20-45(40)51(46)37-14-5-2-6-15-37)47-21-11-19-44-48(47)41-17-7-9-18-43(41)49(44)32-33-22-25-36(49)30-33/h1-21,23-24,26-29,31,33,36H,22,25,30,32H2. The van der Waals surface area contributed by atoms with Gasteiger partial charge in [0.2, 0.25) is 0 Å². The predicted molar refractivity (Wildman–Crippen MR) is 213 cm³/mol. The Balaban J connectivity index is 1.16. The Morgan fingerprint density at radius 2 is 1.22 bits per heavy atom. The van der Waals surface area contributed by atoms with E-state index < -0.39 is 0 Å². The molecule has 11 rings (SSSR count). The number of anilines is 3. The molecule has 0 radical (unpaired) electrons. The van der Waals surface area contributed by atoms with Gasteiger partial charge in [-0.05, 0) is 114 Å². The summed E-state index contributed by atoms with van der Waals surface area (Å²) in [7, 11) is 0. The Morgan fingerprint density at radius 1 is 0.529 bits per heavy atom. The van der Waals surface area contributed by atoms with Crippen molar-refractivity contribution in [3.8, 4) is 27.9 Å². The average Bonchev–Trinajstić information content (AvgIpc) is 3.97. The molecular weight excluding hydrogens is 617 g/mol. The van der Waals surface area contributed by atoms with Crippen molar-refractivity contribution in [1.29, 1.82) is 0 Å². The van der Waals surface area contributed by atoms with Crippen molar-refractivity contribution < 1.29 is 0 Å². The lowest BCUT2D eigenvalue weighted by Gasteiger charge is -2.37. The molecule has 3 atom stereocenters. The first kappa shape index (κ1) is 28.9. The fourth-order valence-electron chi connectivity index (χ4n) is 10.4. The monoisotopic (exact) mass is 654 g/mol. The smallest absolute Gasteiger partial charge is 0.0543 e. The quantitative estimate of drug-likeness (QED) is 0.179. The number of benzene rings is 7. The molecule has 0 saturated heterocycles. The highest BCUT2D eigenvalue weighted by atomic mass is 15.1. The van der Waals surface area contributed by atoms with E-state index in [1.807, 2.05) is 0 Å². The summed E-state index contributed by atoms with van der Waals surface area (Å²) in [5, 5.41) is 2.53. The van der Waals surface area contributed by atoms with Gasteiger partial charge in [-0.1, -0.05) is 122 Å². The zero-order valence-electron chi connectivity index (χ0n) is 28.5. The molecule has 244 valence electrons. The second kappa shape index (κ2) is 11.1. The third kappa shape index (κ3) is 4.17. The molecule has 0 aliphatic heterocycles. The first-order chi connectivity index (χ1) is 25.3. The van der Waals surface area contributed by atoms with E-state index in [4.69, 9.17) is 0 Å². The Bertz CT molecular complexity index is 2600. The lowest BCUT2D eigenvalue weighted by Crippen LogP contribution is -2.31. The molecule has 2 heteroatoms. The van der Waals surface area contributed by atoms with Gasteiger partial charge in [0.25, 0.3) is 0 Å². The van der Waals surface area contributed by atoms with E-state index in [1.165, 1.54) is 92.5 Å². The Labute approximate surface area is 299 Å². The molecule has 3 aliphatic carbocycles. The number of aromatic nitrogens is 1. The summed E-state index contributed by atoms with van der Waals surface area (Å²) in [6.07, 6.45) is 5.38. The van der Waals surface area contributed by atoms with E-state index in [2.05, 4.69) is 179 Å². The molecule has 2 fully saturated rings. The Hall–Kier alpha value is -5.86. The molecule has 3 unspecified atom stereocenters. The molecule has 1 heterocycles. The maximum Gasteiger partial charge on any atom is 0.0543 e. The van der Waals surface area contributed by atoms with Crippen LogP contribution in [0.15, 0.2) is 170 Å². The van der Waals surface area contributed by atoms with Crippen molar-refractivity contribution in [2.75, 3.05) is 4.90 Å². The van der Waals surface area contributed by atoms with Crippen LogP contribution >= 0.6 is 0 Å². The van der Waals surface area contributed by atoms with Crippen molar-refractivity contribution in [3.63, 3.8) is 0 Å². The molecule has 8 aromatic rings. The normalized spacial score (nSPS) is 19.9. The van der Waals surface area contributed by atoms with E-state index in [9.17, 15) is 0 Å². The van der Waals surface area contributed by atoms with Crippen LogP contribution in [0.5, 0.6) is 0 Å². The molecule has 1 spiro atoms. The summed E-state index contributed by atoms with van der Waals surface area (Å²) >= 11 is 0. The van der Waals surface area contributed by atoms with E-state index in [1.54, 1.807) is 11.1 Å². The number of hydrogen-bond acceptors (Lipinski definition) is 1. The van der Waals surface area contributed by atoms with Crippen LogP contribution in [0.25, 0.3) is 49.7 Å². The van der Waals surface area contributed by atoms with Crippen LogP contribution in [0.3, 0.4) is 0 Å². The summed E-state index contributed by atoms with van der Waals surface area (Å²) in [5.74, 6) is 1.56. The predicted octanol–water partition coefficient (Wildman–Crippen LogP) is 13.0. The van der Waals surface area contributed by atoms with Crippen LogP contribution in [0.4, 0.5) is 17.1 Å². The van der Waals surface area contributed by atoms with E-state index in [-0.39, 0.29) is 5.41 Å². The third-order valence-electron chi connectivity index (χ3n) is 12.5. The molecule has 0 N–H and O–H groups in total. The van der Waals surface area contributed by atoms with Crippen LogP contribution in [0, 0.1) is 11.8 Å². The molecule has 2 bridgehead atoms. The first-order valence-corrected chi connectivity index (χ1v) is 18.6. The van der Waals surface area contributed by atoms with Crippen LogP contribution < -0.4 is 4.90 Å². The molecule has 3 aliphatic rings. The minimum Gasteiger partial charge on any atom is -0.310 e. The topological polar surface area (TPSA) is 8.17 Å². The van der Waals surface area contributed by atoms with Gasteiger partial charge >= 0.3 is 0 Å². The van der Waals surface area contributed by atoms with Gasteiger partial charge in [-0.2, -0.15) is 0 Å². The SMILES string of the molecule is c1ccc(-c2ccc(N(c3ccc4c(c3)c3ccccc3n4-c3ccccc3)c3cccc4c3-c3ccccc3C43CC4CCC3C4)cc2)cc1. The number of nitrogens with zero attached hydrogens (tertiary/aromatic N) is 2. The van der Waals surface area contributed by atoms with Gasteiger partial charge in [0.15, 0.2) is 0 Å². The van der Waals surface area contributed by atoms with Gasteiger partial charge in [-0.3, -0.25) is 0 Å². The Morgan fingerprint density at radius 3 is 2.02 bits per heavy atom. The average molecular weight is 655 g/mol. The van der Waals surface area contributed by atoms with Gasteiger partial charge in [-0.15, -0.1) is 0 Å². The summed E-state index contributed by atoms with van der Waals surface area (Å²) in [6, 6.07) is 63.1. The number of para-hydroxylation sites is 2. The first-order valence-electron chi connectivity index (χ1n) is 18.6. The third-order valence-corrected chi connectivity index (χ3v) is 12.5. The van der Waals surface area contributed by atoms with Crippen LogP contribution in [-0.2, 0) is 5.41 Å². The molecular formula is C49H38N2. The highest BCUT2D eigenvalue weighted by Gasteiger charge is 2.57. The van der Waals surface area contributed by atoms with Gasteiger partial charge in [0.1, 0.15) is 0 Å². The van der Waals surface area contributed by atoms with Gasteiger partial charge < -0.3 is 9.47 Å². The number of fused-ring (bicyclic) bond motifs is 11. The molecule has 51 heavy (non-hydrogen) atoms. The van der Waals surface area contributed by atoms with Crippen LogP contribution in [0.1, 0.15) is 36.8 Å². The van der Waals surface area contributed by atoms with E-state index in [0.29, 0.717) is 0 Å². The van der Waals surface area contributed by atoms with Gasteiger partial charge in [0, 0.05) is 38.8 Å². The van der Waals surface area contributed by atoms with Crippen LogP contribution in [0.2, 0.25) is 0 Å². The van der Waals surface area contributed by atoms with Crippen molar-refractivity contribution in [2.45, 2.75) is 31.1 Å². The van der Waals surface area contributed by atoms with Crippen molar-refractivity contribution in [1.82, 2.24) is 4.57 Å². The fourth-order valence-corrected chi connectivity index (χ4v) is 10.4. The maximum atomic E-state index is 2.53. The summed E-state index contributed by atoms with van der Waals surface area (Å²) < 4.78 is 2.41. The summed E-state index contributed by atoms with van der Waals surface area (Å²) in [6.45, 7) is 0. The summed E-state index contributed by atoms with van der Waals surface area (Å²) in [4.78, 5) is 2.53. The lowest BCUT2D eigenvalue weighted by atomic mass is 9.67. The van der Waals surface area contributed by atoms with Gasteiger partial charge in [-0.25, -0.2) is 0 Å². The second-order valence-corrected chi connectivity index (χ2v) is 14.9. The summed E-state index contributed by atoms with van der Waals surface area (Å²) in [5.41, 5.74) is 15.7. The van der Waals surface area contributed by atoms with E-state index >= 15 is 0 Å². The van der Waals surface area contributed by atoms with E-state index in [0.717, 1.165) is 11.8 Å². The molecule has 1 aromatic heterocycles. The van der Waals surface area contributed by atoms with Crippen molar-refractivity contribution in [3.05, 3.63) is 181 Å². The van der Waals surface area contributed by atoms with Gasteiger partial charge in [0.05, 0.1) is 16.7 Å². The zero-order chi connectivity index (χ0) is 33.5. The van der Waals surface area contributed by atoms with Crippen LogP contribution in [-0.4, -0.2) is 4.57 Å². The molecule has 7 aromatic carbocycles. The van der Waals surface area contributed by atoms with Crippen molar-refractivity contribution in [2.24, 2.45) is 11.8 Å². The molecule has 2 saturated carbocycles. The van der Waals surface area contributed by atoms with Crippen molar-refractivity contribution >= 4 is 38.9 Å². The largest absolute Gasteiger partial charge is 0.310 e. The Kier molecular flexibility index (Phi) is 6.28. The highest BCUT2D eigenvalue weighted by molar-refractivity contribution is 6.11. The minimum atomic E-state index is 0.126. The molecule has 0 amide bonds.